The van der Waals surface area contributed by atoms with E-state index >= 15 is 0 Å². The zero-order valence-corrected chi connectivity index (χ0v) is 18.5. The van der Waals surface area contributed by atoms with Crippen molar-refractivity contribution < 1.29 is 18.0 Å². The van der Waals surface area contributed by atoms with Crippen molar-refractivity contribution >= 4 is 11.7 Å². The van der Waals surface area contributed by atoms with Crippen molar-refractivity contribution in [2.75, 3.05) is 18.4 Å². The number of rotatable bonds is 5. The highest BCUT2D eigenvalue weighted by Gasteiger charge is 2.47. The molecular formula is C24H23F3N6O. The summed E-state index contributed by atoms with van der Waals surface area (Å²) in [6.45, 7) is 2.93. The van der Waals surface area contributed by atoms with Gasteiger partial charge in [-0.05, 0) is 61.4 Å². The molecule has 3 aromatic rings. The molecule has 10 heteroatoms. The van der Waals surface area contributed by atoms with Crippen LogP contribution < -0.4 is 5.32 Å². The number of piperidine rings is 1. The monoisotopic (exact) mass is 468 g/mol. The Hall–Kier alpha value is -3.56. The zero-order chi connectivity index (χ0) is 23.9. The lowest BCUT2D eigenvalue weighted by molar-refractivity contribution is -0.137. The number of aromatic nitrogens is 4. The van der Waals surface area contributed by atoms with Gasteiger partial charge in [0.05, 0.1) is 5.56 Å². The van der Waals surface area contributed by atoms with Crippen LogP contribution in [0.2, 0.25) is 0 Å². The van der Waals surface area contributed by atoms with Crippen molar-refractivity contribution in [3.63, 3.8) is 0 Å². The number of aryl methyl sites for hydroxylation is 1. The Morgan fingerprint density at radius 1 is 1.09 bits per heavy atom. The molecule has 3 atom stereocenters. The molecule has 1 N–H and O–H groups in total. The molecule has 1 amide bonds. The largest absolute Gasteiger partial charge is 0.417 e. The fourth-order valence-electron chi connectivity index (χ4n) is 4.47. The molecule has 7 nitrogen and oxygen atoms in total. The smallest absolute Gasteiger partial charge is 0.368 e. The van der Waals surface area contributed by atoms with Gasteiger partial charge in [0, 0.05) is 37.7 Å². The number of fused-ring (bicyclic) bond motifs is 1. The zero-order valence-electron chi connectivity index (χ0n) is 18.5. The third-order valence-electron chi connectivity index (χ3n) is 6.48. The van der Waals surface area contributed by atoms with Gasteiger partial charge >= 0.3 is 6.18 Å². The normalized spacial score (nSPS) is 21.6. The van der Waals surface area contributed by atoms with Crippen LogP contribution in [0.25, 0.3) is 11.5 Å². The number of nitrogens with one attached hydrogen (secondary N) is 1. The maximum atomic E-state index is 13.5. The van der Waals surface area contributed by atoms with Crippen LogP contribution in [0.1, 0.15) is 34.5 Å². The van der Waals surface area contributed by atoms with Crippen LogP contribution in [0.3, 0.4) is 0 Å². The molecule has 1 aliphatic heterocycles. The standard InChI is InChI=1S/C24H23F3N6O/c1-14-3-5-19(32-21(14)22-28-7-2-8-29-22)23(34)33-13-16-9-15(16)10-18(33)12-31-20-6-4-17(11-30-20)24(25,26)27/h2-8,11,15-16,18H,9-10,12-13H2,1H3,(H,30,31)/t15-,16+,18+/m1/s1. The molecular weight excluding hydrogens is 445 g/mol. The van der Waals surface area contributed by atoms with Gasteiger partial charge in [-0.3, -0.25) is 4.79 Å². The number of likely N-dealkylation sites (tertiary alicyclic amines) is 1. The number of hydrogen-bond donors (Lipinski definition) is 1. The van der Waals surface area contributed by atoms with Crippen LogP contribution in [0.15, 0.2) is 48.9 Å². The molecule has 176 valence electrons. The van der Waals surface area contributed by atoms with Gasteiger partial charge in [0.1, 0.15) is 17.2 Å². The van der Waals surface area contributed by atoms with Crippen LogP contribution in [0, 0.1) is 18.8 Å². The predicted molar refractivity (Wildman–Crippen MR) is 119 cm³/mol. The van der Waals surface area contributed by atoms with Gasteiger partial charge in [0.2, 0.25) is 0 Å². The van der Waals surface area contributed by atoms with E-state index in [1.54, 1.807) is 24.5 Å². The number of amides is 1. The van der Waals surface area contributed by atoms with Crippen LogP contribution in [0.4, 0.5) is 19.0 Å². The van der Waals surface area contributed by atoms with Gasteiger partial charge in [0.15, 0.2) is 5.82 Å². The van der Waals surface area contributed by atoms with Gasteiger partial charge in [-0.15, -0.1) is 0 Å². The first-order valence-corrected chi connectivity index (χ1v) is 11.1. The molecule has 1 aliphatic carbocycles. The molecule has 2 aliphatic rings. The lowest BCUT2D eigenvalue weighted by atomic mass is 10.0. The Labute approximate surface area is 194 Å². The molecule has 1 saturated heterocycles. The minimum atomic E-state index is -4.43. The number of hydrogen-bond acceptors (Lipinski definition) is 6. The van der Waals surface area contributed by atoms with Crippen molar-refractivity contribution in [1.82, 2.24) is 24.8 Å². The summed E-state index contributed by atoms with van der Waals surface area (Å²) in [6, 6.07) is 7.47. The van der Waals surface area contributed by atoms with Crippen molar-refractivity contribution in [2.45, 2.75) is 32.0 Å². The topological polar surface area (TPSA) is 83.9 Å². The van der Waals surface area contributed by atoms with Crippen LogP contribution in [-0.2, 0) is 6.18 Å². The Kier molecular flexibility index (Phi) is 5.66. The van der Waals surface area contributed by atoms with Crippen LogP contribution >= 0.6 is 0 Å². The first kappa shape index (κ1) is 22.2. The lowest BCUT2D eigenvalue weighted by Gasteiger charge is -2.35. The second kappa shape index (κ2) is 8.66. The summed E-state index contributed by atoms with van der Waals surface area (Å²) in [6.07, 6.45) is 1.57. The summed E-state index contributed by atoms with van der Waals surface area (Å²) in [5.74, 6) is 1.70. The van der Waals surface area contributed by atoms with E-state index in [9.17, 15) is 18.0 Å². The van der Waals surface area contributed by atoms with Gasteiger partial charge in [-0.25, -0.2) is 19.9 Å². The summed E-state index contributed by atoms with van der Waals surface area (Å²) < 4.78 is 38.4. The number of carbonyl (C=O) groups is 1. The highest BCUT2D eigenvalue weighted by molar-refractivity contribution is 5.93. The summed E-state index contributed by atoms with van der Waals surface area (Å²) in [5, 5.41) is 3.10. The third-order valence-corrected chi connectivity index (χ3v) is 6.48. The number of carbonyl (C=O) groups excluding carboxylic acids is 1. The highest BCUT2D eigenvalue weighted by atomic mass is 19.4. The van der Waals surface area contributed by atoms with Crippen LogP contribution in [-0.4, -0.2) is 49.9 Å². The average molecular weight is 468 g/mol. The van der Waals surface area contributed by atoms with Crippen molar-refractivity contribution in [2.24, 2.45) is 11.8 Å². The van der Waals surface area contributed by atoms with Gasteiger partial charge < -0.3 is 10.2 Å². The Morgan fingerprint density at radius 2 is 1.88 bits per heavy atom. The third kappa shape index (κ3) is 4.57. The molecule has 0 aromatic carbocycles. The molecule has 0 radical (unpaired) electrons. The quantitative estimate of drug-likeness (QED) is 0.604. The highest BCUT2D eigenvalue weighted by Crippen LogP contribution is 2.47. The summed E-state index contributed by atoms with van der Waals surface area (Å²) in [7, 11) is 0. The van der Waals surface area contributed by atoms with E-state index in [2.05, 4.69) is 25.3 Å². The fourth-order valence-corrected chi connectivity index (χ4v) is 4.47. The Balaban J connectivity index is 1.33. The molecule has 34 heavy (non-hydrogen) atoms. The summed E-state index contributed by atoms with van der Waals surface area (Å²) >= 11 is 0. The minimum absolute atomic E-state index is 0.111. The number of anilines is 1. The molecule has 4 heterocycles. The van der Waals surface area contributed by atoms with Gasteiger partial charge in [-0.2, -0.15) is 13.2 Å². The summed E-state index contributed by atoms with van der Waals surface area (Å²) in [5.41, 5.74) is 0.966. The predicted octanol–water partition coefficient (Wildman–Crippen LogP) is 4.22. The van der Waals surface area contributed by atoms with Crippen molar-refractivity contribution in [1.29, 1.82) is 0 Å². The first-order valence-electron chi connectivity index (χ1n) is 11.1. The van der Waals surface area contributed by atoms with Crippen molar-refractivity contribution in [3.05, 3.63) is 65.7 Å². The average Bonchev–Trinajstić information content (AvgIpc) is 3.61. The minimum Gasteiger partial charge on any atom is -0.368 e. The Bertz CT molecular complexity index is 1190. The molecule has 1 saturated carbocycles. The second-order valence-corrected chi connectivity index (χ2v) is 8.85. The van der Waals surface area contributed by atoms with Gasteiger partial charge in [-0.1, -0.05) is 6.07 Å². The fraction of sp³-hybridized carbons (Fsp3) is 0.375. The van der Waals surface area contributed by atoms with Crippen LogP contribution in [0.5, 0.6) is 0 Å². The molecule has 0 spiro atoms. The van der Waals surface area contributed by atoms with E-state index in [1.807, 2.05) is 17.9 Å². The van der Waals surface area contributed by atoms with E-state index in [0.717, 1.165) is 30.7 Å². The second-order valence-electron chi connectivity index (χ2n) is 8.85. The SMILES string of the molecule is Cc1ccc(C(=O)N2C[C@@H]3C[C@@H]3C[C@H]2CNc2ccc(C(F)(F)F)cn2)nc1-c1ncccn1. The number of halogens is 3. The summed E-state index contributed by atoms with van der Waals surface area (Å²) in [4.78, 5) is 32.3. The van der Waals surface area contributed by atoms with E-state index in [-0.39, 0.29) is 11.9 Å². The molecule has 2 fully saturated rings. The van der Waals surface area contributed by atoms with E-state index < -0.39 is 11.7 Å². The number of nitrogens with zero attached hydrogens (tertiary/aromatic N) is 5. The molecule has 3 aromatic heterocycles. The maximum absolute atomic E-state index is 13.5. The van der Waals surface area contributed by atoms with Gasteiger partial charge in [0.25, 0.3) is 5.91 Å². The van der Waals surface area contributed by atoms with E-state index in [0.29, 0.717) is 48.0 Å². The number of alkyl halides is 3. The maximum Gasteiger partial charge on any atom is 0.417 e. The molecule has 0 bridgehead atoms. The molecule has 5 rings (SSSR count). The first-order chi connectivity index (χ1) is 16.3. The van der Waals surface area contributed by atoms with E-state index in [4.69, 9.17) is 0 Å². The lowest BCUT2D eigenvalue weighted by Crippen LogP contribution is -2.48. The molecule has 0 unspecified atom stereocenters. The number of pyridine rings is 2. The van der Waals surface area contributed by atoms with Crippen molar-refractivity contribution in [3.8, 4) is 11.5 Å². The Morgan fingerprint density at radius 3 is 2.59 bits per heavy atom. The van der Waals surface area contributed by atoms with E-state index in [1.165, 1.54) is 6.07 Å².